The quantitative estimate of drug-likeness (QED) is 0.802. The lowest BCUT2D eigenvalue weighted by atomic mass is 10.1. The second-order valence-electron chi connectivity index (χ2n) is 4.97. The third-order valence-electron chi connectivity index (χ3n) is 2.06. The lowest BCUT2D eigenvalue weighted by Crippen LogP contribution is -2.43. The zero-order valence-electron chi connectivity index (χ0n) is 11.3. The number of carbonyl (C=O) groups is 3. The number of carbonyl (C=O) groups excluding carboxylic acids is 3. The van der Waals surface area contributed by atoms with E-state index in [-0.39, 0.29) is 42.6 Å². The summed E-state index contributed by atoms with van der Waals surface area (Å²) >= 11 is 0. The van der Waals surface area contributed by atoms with Gasteiger partial charge in [-0.2, -0.15) is 0 Å². The largest absolute Gasteiger partial charge is 0.351 e. The summed E-state index contributed by atoms with van der Waals surface area (Å²) in [5.74, 6) is -0.728. The van der Waals surface area contributed by atoms with Crippen molar-refractivity contribution in [3.8, 4) is 0 Å². The van der Waals surface area contributed by atoms with E-state index in [1.54, 1.807) is 6.92 Å². The van der Waals surface area contributed by atoms with Gasteiger partial charge in [0.2, 0.25) is 17.7 Å². The molecule has 0 radical (unpaired) electrons. The highest BCUT2D eigenvalue weighted by molar-refractivity contribution is 5.94. The molecule has 1 N–H and O–H groups in total. The molecule has 0 unspecified atom stereocenters. The molecule has 0 aromatic carbocycles. The number of nitrogens with zero attached hydrogens (tertiary/aromatic N) is 1. The van der Waals surface area contributed by atoms with Crippen LogP contribution >= 0.6 is 0 Å². The van der Waals surface area contributed by atoms with E-state index in [4.69, 9.17) is 0 Å². The molecule has 17 heavy (non-hydrogen) atoms. The van der Waals surface area contributed by atoms with E-state index < -0.39 is 0 Å². The Morgan fingerprint density at radius 3 is 2.06 bits per heavy atom. The van der Waals surface area contributed by atoms with E-state index in [0.717, 1.165) is 4.90 Å². The SMILES string of the molecule is CCC(=O)N(CCC(=O)NC(C)(C)C)C(C)=O. The molecular formula is C12H22N2O3. The van der Waals surface area contributed by atoms with E-state index >= 15 is 0 Å². The highest BCUT2D eigenvalue weighted by atomic mass is 16.2. The molecule has 0 atom stereocenters. The number of rotatable bonds is 4. The van der Waals surface area contributed by atoms with Gasteiger partial charge in [-0.05, 0) is 20.8 Å². The smallest absolute Gasteiger partial charge is 0.228 e. The van der Waals surface area contributed by atoms with Crippen LogP contribution in [0, 0.1) is 0 Å². The highest BCUT2D eigenvalue weighted by Gasteiger charge is 2.19. The monoisotopic (exact) mass is 242 g/mol. The van der Waals surface area contributed by atoms with Crippen LogP contribution in [0.25, 0.3) is 0 Å². The predicted molar refractivity (Wildman–Crippen MR) is 65.2 cm³/mol. The summed E-state index contributed by atoms with van der Waals surface area (Å²) in [6.07, 6.45) is 0.406. The summed E-state index contributed by atoms with van der Waals surface area (Å²) in [6, 6.07) is 0. The van der Waals surface area contributed by atoms with Crippen molar-refractivity contribution in [2.75, 3.05) is 6.54 Å². The zero-order chi connectivity index (χ0) is 13.6. The molecule has 0 aromatic rings. The molecule has 0 aliphatic rings. The van der Waals surface area contributed by atoms with Crippen molar-refractivity contribution < 1.29 is 14.4 Å². The summed E-state index contributed by atoms with van der Waals surface area (Å²) in [5, 5.41) is 2.78. The van der Waals surface area contributed by atoms with Gasteiger partial charge in [0.15, 0.2) is 0 Å². The molecule has 0 bridgehead atoms. The minimum absolute atomic E-state index is 0.141. The van der Waals surface area contributed by atoms with Crippen molar-refractivity contribution in [3.05, 3.63) is 0 Å². The average Bonchev–Trinajstić information content (AvgIpc) is 2.14. The molecule has 98 valence electrons. The lowest BCUT2D eigenvalue weighted by molar-refractivity contribution is -0.143. The van der Waals surface area contributed by atoms with E-state index in [0.29, 0.717) is 0 Å². The molecule has 0 saturated carbocycles. The molecule has 3 amide bonds. The Bertz CT molecular complexity index is 305. The van der Waals surface area contributed by atoms with Crippen LogP contribution in [-0.2, 0) is 14.4 Å². The standard InChI is InChI=1S/C12H22N2O3/c1-6-11(17)14(9(2)15)8-7-10(16)13-12(3,4)5/h6-8H2,1-5H3,(H,13,16). The molecule has 5 heteroatoms. The zero-order valence-corrected chi connectivity index (χ0v) is 11.3. The maximum atomic E-state index is 11.5. The van der Waals surface area contributed by atoms with Crippen molar-refractivity contribution in [1.29, 1.82) is 0 Å². The summed E-state index contributed by atoms with van der Waals surface area (Å²) in [6.45, 7) is 8.80. The van der Waals surface area contributed by atoms with Gasteiger partial charge >= 0.3 is 0 Å². The fraction of sp³-hybridized carbons (Fsp3) is 0.750. The van der Waals surface area contributed by atoms with Gasteiger partial charge in [0.1, 0.15) is 0 Å². The minimum Gasteiger partial charge on any atom is -0.351 e. The van der Waals surface area contributed by atoms with Crippen LogP contribution in [0.15, 0.2) is 0 Å². The van der Waals surface area contributed by atoms with Gasteiger partial charge in [-0.25, -0.2) is 0 Å². The topological polar surface area (TPSA) is 66.5 Å². The molecule has 0 rings (SSSR count). The van der Waals surface area contributed by atoms with E-state index in [1.807, 2.05) is 20.8 Å². The van der Waals surface area contributed by atoms with Crippen molar-refractivity contribution in [2.24, 2.45) is 0 Å². The first-order valence-corrected chi connectivity index (χ1v) is 5.79. The summed E-state index contributed by atoms with van der Waals surface area (Å²) < 4.78 is 0. The second kappa shape index (κ2) is 6.37. The van der Waals surface area contributed by atoms with Gasteiger partial charge in [0, 0.05) is 31.8 Å². The average molecular weight is 242 g/mol. The Hall–Kier alpha value is -1.39. The van der Waals surface area contributed by atoms with Crippen molar-refractivity contribution in [1.82, 2.24) is 10.2 Å². The maximum Gasteiger partial charge on any atom is 0.228 e. The molecule has 0 heterocycles. The maximum absolute atomic E-state index is 11.5. The van der Waals surface area contributed by atoms with Gasteiger partial charge in [-0.1, -0.05) is 6.92 Å². The minimum atomic E-state index is -0.319. The lowest BCUT2D eigenvalue weighted by Gasteiger charge is -2.22. The van der Waals surface area contributed by atoms with Crippen LogP contribution in [0.3, 0.4) is 0 Å². The molecular weight excluding hydrogens is 220 g/mol. The molecule has 5 nitrogen and oxygen atoms in total. The Morgan fingerprint density at radius 2 is 1.71 bits per heavy atom. The normalized spacial score (nSPS) is 10.9. The van der Waals surface area contributed by atoms with Crippen molar-refractivity contribution >= 4 is 17.7 Å². The molecule has 0 aliphatic heterocycles. The van der Waals surface area contributed by atoms with Crippen LogP contribution in [0.5, 0.6) is 0 Å². The van der Waals surface area contributed by atoms with Crippen LogP contribution in [-0.4, -0.2) is 34.7 Å². The Morgan fingerprint density at radius 1 is 1.18 bits per heavy atom. The Labute approximate surface area is 103 Å². The summed E-state index contributed by atoms with van der Waals surface area (Å²) in [5.41, 5.74) is -0.299. The second-order valence-corrected chi connectivity index (χ2v) is 4.97. The molecule has 0 aromatic heterocycles. The van der Waals surface area contributed by atoms with E-state index in [1.165, 1.54) is 6.92 Å². The highest BCUT2D eigenvalue weighted by Crippen LogP contribution is 2.01. The third kappa shape index (κ3) is 6.71. The van der Waals surface area contributed by atoms with Crippen LogP contribution in [0.1, 0.15) is 47.5 Å². The number of amides is 3. The van der Waals surface area contributed by atoms with Gasteiger partial charge < -0.3 is 5.32 Å². The molecule has 0 aliphatic carbocycles. The number of hydrogen-bond donors (Lipinski definition) is 1. The summed E-state index contributed by atoms with van der Waals surface area (Å²) in [7, 11) is 0. The Balaban J connectivity index is 4.28. The number of hydrogen-bond acceptors (Lipinski definition) is 3. The number of nitrogens with one attached hydrogen (secondary N) is 1. The van der Waals surface area contributed by atoms with Crippen molar-refractivity contribution in [3.63, 3.8) is 0 Å². The van der Waals surface area contributed by atoms with Crippen LogP contribution in [0.2, 0.25) is 0 Å². The molecule has 0 spiro atoms. The molecule has 0 fully saturated rings. The van der Waals surface area contributed by atoms with E-state index in [2.05, 4.69) is 5.32 Å². The van der Waals surface area contributed by atoms with Gasteiger partial charge in [-0.15, -0.1) is 0 Å². The first-order chi connectivity index (χ1) is 7.67. The van der Waals surface area contributed by atoms with Crippen LogP contribution in [0.4, 0.5) is 0 Å². The molecule has 0 saturated heterocycles. The van der Waals surface area contributed by atoms with Gasteiger partial charge in [0.05, 0.1) is 0 Å². The fourth-order valence-corrected chi connectivity index (χ4v) is 1.34. The van der Waals surface area contributed by atoms with Gasteiger partial charge in [-0.3, -0.25) is 19.3 Å². The Kier molecular flexibility index (Phi) is 5.85. The third-order valence-corrected chi connectivity index (χ3v) is 2.06. The van der Waals surface area contributed by atoms with Gasteiger partial charge in [0.25, 0.3) is 0 Å². The van der Waals surface area contributed by atoms with E-state index in [9.17, 15) is 14.4 Å². The number of imide groups is 1. The summed E-state index contributed by atoms with van der Waals surface area (Å²) in [4.78, 5) is 35.3. The van der Waals surface area contributed by atoms with Crippen molar-refractivity contribution in [2.45, 2.75) is 53.0 Å². The predicted octanol–water partition coefficient (Wildman–Crippen LogP) is 1.08. The first kappa shape index (κ1) is 15.6. The first-order valence-electron chi connectivity index (χ1n) is 5.79. The fourth-order valence-electron chi connectivity index (χ4n) is 1.34. The van der Waals surface area contributed by atoms with Crippen LogP contribution < -0.4 is 5.32 Å².